The first-order valence-corrected chi connectivity index (χ1v) is 7.46. The van der Waals surface area contributed by atoms with Crippen LogP contribution in [0, 0.1) is 11.3 Å². The average Bonchev–Trinajstić information content (AvgIpc) is 2.93. The Bertz CT molecular complexity index is 946. The first kappa shape index (κ1) is 15.6. The first-order valence-electron chi connectivity index (χ1n) is 7.46. The van der Waals surface area contributed by atoms with Gasteiger partial charge in [-0.3, -0.25) is 0 Å². The molecule has 0 aliphatic carbocycles. The zero-order chi connectivity index (χ0) is 17.3. The third-order valence-electron chi connectivity index (χ3n) is 3.52. The second-order valence-corrected chi connectivity index (χ2v) is 5.63. The highest BCUT2D eigenvalue weighted by atomic mass is 16.5. The number of rotatable bonds is 4. The third kappa shape index (κ3) is 2.82. The summed E-state index contributed by atoms with van der Waals surface area (Å²) in [4.78, 5) is 11.8. The Morgan fingerprint density at radius 1 is 1.21 bits per heavy atom. The summed E-state index contributed by atoms with van der Waals surface area (Å²) >= 11 is 0. The summed E-state index contributed by atoms with van der Waals surface area (Å²) in [5, 5.41) is 19.0. The number of fused-ring (bicyclic) bond motifs is 1. The van der Waals surface area contributed by atoms with Crippen molar-refractivity contribution in [3.05, 3.63) is 53.6 Å². The van der Waals surface area contributed by atoms with Crippen molar-refractivity contribution >= 4 is 16.9 Å². The predicted octanol–water partition coefficient (Wildman–Crippen LogP) is 4.46. The highest BCUT2D eigenvalue weighted by molar-refractivity contribution is 6.08. The van der Waals surface area contributed by atoms with Crippen LogP contribution in [0.15, 0.2) is 46.9 Å². The molecule has 2 aromatic carbocycles. The Morgan fingerprint density at radius 3 is 2.50 bits per heavy atom. The maximum Gasteiger partial charge on any atom is 0.340 e. The number of ether oxygens (including phenoxy) is 1. The number of hydrogen-bond donors (Lipinski definition) is 1. The molecule has 3 aromatic rings. The molecule has 0 aliphatic rings. The summed E-state index contributed by atoms with van der Waals surface area (Å²) in [5.74, 6) is -0.217. The van der Waals surface area contributed by atoms with Gasteiger partial charge in [0, 0.05) is 10.9 Å². The summed E-state index contributed by atoms with van der Waals surface area (Å²) in [6.45, 7) is 3.81. The molecule has 5 nitrogen and oxygen atoms in total. The molecular weight excluding hydrogens is 306 g/mol. The number of nitriles is 1. The van der Waals surface area contributed by atoms with Crippen LogP contribution in [0.25, 0.3) is 22.3 Å². The van der Waals surface area contributed by atoms with Gasteiger partial charge in [-0.25, -0.2) is 4.79 Å². The molecule has 1 heterocycles. The van der Waals surface area contributed by atoms with Crippen LogP contribution in [0.5, 0.6) is 5.75 Å². The van der Waals surface area contributed by atoms with E-state index in [9.17, 15) is 9.90 Å². The third-order valence-corrected chi connectivity index (χ3v) is 3.52. The van der Waals surface area contributed by atoms with Crippen molar-refractivity contribution in [2.24, 2.45) is 0 Å². The van der Waals surface area contributed by atoms with E-state index in [0.717, 1.165) is 0 Å². The average molecular weight is 321 g/mol. The van der Waals surface area contributed by atoms with Crippen molar-refractivity contribution in [3.63, 3.8) is 0 Å². The van der Waals surface area contributed by atoms with E-state index in [1.54, 1.807) is 42.5 Å². The number of carboxylic acids is 1. The van der Waals surface area contributed by atoms with Crippen LogP contribution in [0.1, 0.15) is 29.8 Å². The molecule has 1 aromatic heterocycles. The van der Waals surface area contributed by atoms with Gasteiger partial charge >= 0.3 is 5.97 Å². The van der Waals surface area contributed by atoms with Crippen molar-refractivity contribution in [3.8, 4) is 23.1 Å². The molecule has 5 heteroatoms. The van der Waals surface area contributed by atoms with E-state index in [-0.39, 0.29) is 17.4 Å². The van der Waals surface area contributed by atoms with Gasteiger partial charge in [-0.1, -0.05) is 0 Å². The molecule has 0 aliphatic heterocycles. The summed E-state index contributed by atoms with van der Waals surface area (Å²) in [6.07, 6.45) is -0.0133. The summed E-state index contributed by atoms with van der Waals surface area (Å²) in [7, 11) is 0. The smallest absolute Gasteiger partial charge is 0.340 e. The lowest BCUT2D eigenvalue weighted by Crippen LogP contribution is -2.05. The minimum Gasteiger partial charge on any atom is -0.491 e. The van der Waals surface area contributed by atoms with Crippen LogP contribution >= 0.6 is 0 Å². The second kappa shape index (κ2) is 6.09. The molecule has 0 atom stereocenters. The van der Waals surface area contributed by atoms with Gasteiger partial charge in [-0.2, -0.15) is 5.26 Å². The van der Waals surface area contributed by atoms with Crippen LogP contribution in [0.4, 0.5) is 0 Å². The lowest BCUT2D eigenvalue weighted by Gasteiger charge is -2.09. The molecule has 0 radical (unpaired) electrons. The summed E-state index contributed by atoms with van der Waals surface area (Å²) in [6, 6.07) is 13.8. The summed E-state index contributed by atoms with van der Waals surface area (Å²) in [5.41, 5.74) is 1.67. The van der Waals surface area contributed by atoms with E-state index in [0.29, 0.717) is 27.8 Å². The minimum absolute atomic E-state index is 0.0133. The van der Waals surface area contributed by atoms with E-state index in [1.165, 1.54) is 0 Å². The second-order valence-electron chi connectivity index (χ2n) is 5.63. The fourth-order valence-electron chi connectivity index (χ4n) is 2.53. The van der Waals surface area contributed by atoms with Gasteiger partial charge in [-0.05, 0) is 56.3 Å². The SMILES string of the molecule is CC(C)Oc1ccc2oc(-c3ccc(C#N)cc3)c(C(=O)O)c2c1. The Labute approximate surface area is 138 Å². The molecular formula is C19H15NO4. The van der Waals surface area contributed by atoms with Gasteiger partial charge in [0.05, 0.1) is 17.7 Å². The Morgan fingerprint density at radius 2 is 1.92 bits per heavy atom. The van der Waals surface area contributed by atoms with Gasteiger partial charge in [0.2, 0.25) is 0 Å². The number of hydrogen-bond acceptors (Lipinski definition) is 4. The number of benzene rings is 2. The fourth-order valence-corrected chi connectivity index (χ4v) is 2.53. The zero-order valence-electron chi connectivity index (χ0n) is 13.2. The Hall–Kier alpha value is -3.26. The Balaban J connectivity index is 2.18. The standard InChI is InChI=1S/C19H15NO4/c1-11(2)23-14-7-8-16-15(9-14)17(19(21)22)18(24-16)13-5-3-12(10-20)4-6-13/h3-9,11H,1-2H3,(H,21,22). The number of carbonyl (C=O) groups is 1. The van der Waals surface area contributed by atoms with E-state index in [4.69, 9.17) is 14.4 Å². The van der Waals surface area contributed by atoms with Crippen LogP contribution in [0.2, 0.25) is 0 Å². The van der Waals surface area contributed by atoms with Crippen molar-refractivity contribution in [2.75, 3.05) is 0 Å². The lowest BCUT2D eigenvalue weighted by molar-refractivity contribution is 0.0699. The lowest BCUT2D eigenvalue weighted by atomic mass is 10.0. The predicted molar refractivity (Wildman–Crippen MR) is 89.1 cm³/mol. The molecule has 0 amide bonds. The van der Waals surface area contributed by atoms with Gasteiger partial charge in [0.1, 0.15) is 22.7 Å². The first-order chi connectivity index (χ1) is 11.5. The van der Waals surface area contributed by atoms with Crippen LogP contribution in [0.3, 0.4) is 0 Å². The molecule has 0 bridgehead atoms. The van der Waals surface area contributed by atoms with Crippen LogP contribution in [-0.4, -0.2) is 17.2 Å². The number of carboxylic acid groups (broad SMARTS) is 1. The number of nitrogens with zero attached hydrogens (tertiary/aromatic N) is 1. The van der Waals surface area contributed by atoms with Gasteiger partial charge < -0.3 is 14.3 Å². The largest absolute Gasteiger partial charge is 0.491 e. The Kier molecular flexibility index (Phi) is 3.97. The molecule has 0 saturated carbocycles. The van der Waals surface area contributed by atoms with Gasteiger partial charge in [-0.15, -0.1) is 0 Å². The maximum absolute atomic E-state index is 11.8. The quantitative estimate of drug-likeness (QED) is 0.767. The minimum atomic E-state index is -1.07. The van der Waals surface area contributed by atoms with Gasteiger partial charge in [0.25, 0.3) is 0 Å². The van der Waals surface area contributed by atoms with E-state index < -0.39 is 5.97 Å². The van der Waals surface area contributed by atoms with Gasteiger partial charge in [0.15, 0.2) is 0 Å². The molecule has 24 heavy (non-hydrogen) atoms. The topological polar surface area (TPSA) is 83.5 Å². The normalized spacial score (nSPS) is 10.8. The van der Waals surface area contributed by atoms with Crippen molar-refractivity contribution in [1.29, 1.82) is 5.26 Å². The zero-order valence-corrected chi connectivity index (χ0v) is 13.2. The molecule has 3 rings (SSSR count). The maximum atomic E-state index is 11.8. The number of aromatic carboxylic acids is 1. The molecule has 120 valence electrons. The van der Waals surface area contributed by atoms with Crippen molar-refractivity contribution in [2.45, 2.75) is 20.0 Å². The molecule has 0 fully saturated rings. The van der Waals surface area contributed by atoms with E-state index in [2.05, 4.69) is 0 Å². The van der Waals surface area contributed by atoms with Crippen LogP contribution in [-0.2, 0) is 0 Å². The highest BCUT2D eigenvalue weighted by Gasteiger charge is 2.22. The van der Waals surface area contributed by atoms with E-state index >= 15 is 0 Å². The monoisotopic (exact) mass is 321 g/mol. The van der Waals surface area contributed by atoms with Crippen LogP contribution < -0.4 is 4.74 Å². The molecule has 0 spiro atoms. The number of furan rings is 1. The molecule has 0 saturated heterocycles. The van der Waals surface area contributed by atoms with Crippen molar-refractivity contribution < 1.29 is 19.1 Å². The molecule has 0 unspecified atom stereocenters. The van der Waals surface area contributed by atoms with E-state index in [1.807, 2.05) is 19.9 Å². The summed E-state index contributed by atoms with van der Waals surface area (Å²) < 4.78 is 11.4. The highest BCUT2D eigenvalue weighted by Crippen LogP contribution is 2.35. The van der Waals surface area contributed by atoms with Crippen molar-refractivity contribution in [1.82, 2.24) is 0 Å². The fraction of sp³-hybridized carbons (Fsp3) is 0.158. The molecule has 1 N–H and O–H groups in total.